The molecule has 1 aliphatic carbocycles. The first kappa shape index (κ1) is 11.2. The molecule has 0 spiro atoms. The second-order valence-corrected chi connectivity index (χ2v) is 5.40. The Bertz CT molecular complexity index is 392. The molecule has 1 aromatic carbocycles. The number of rotatable bonds is 1. The fourth-order valence-corrected chi connectivity index (χ4v) is 3.26. The van der Waals surface area contributed by atoms with E-state index in [0.717, 1.165) is 6.54 Å². The van der Waals surface area contributed by atoms with Crippen LogP contribution in [0.5, 0.6) is 0 Å². The Labute approximate surface area is 104 Å². The number of benzene rings is 1. The van der Waals surface area contributed by atoms with E-state index in [1.165, 1.54) is 44.5 Å². The van der Waals surface area contributed by atoms with Crippen LogP contribution in [0.4, 0.5) is 0 Å². The standard InChI is InChI=1S/C15H22N2/c1-12-3-4-13-5-6-15(14(13)11-12)17-9-2-7-16-8-10-17/h3-4,11,15-16H,2,5-10H2,1H3. The first-order chi connectivity index (χ1) is 8.34. The van der Waals surface area contributed by atoms with Crippen molar-refractivity contribution in [3.63, 3.8) is 0 Å². The monoisotopic (exact) mass is 230 g/mol. The molecule has 1 fully saturated rings. The molecule has 0 radical (unpaired) electrons. The minimum absolute atomic E-state index is 0.685. The minimum atomic E-state index is 0.685. The van der Waals surface area contributed by atoms with Gasteiger partial charge >= 0.3 is 0 Å². The summed E-state index contributed by atoms with van der Waals surface area (Å²) in [5.74, 6) is 0. The maximum absolute atomic E-state index is 3.49. The van der Waals surface area contributed by atoms with Gasteiger partial charge in [-0.3, -0.25) is 4.90 Å². The quantitative estimate of drug-likeness (QED) is 0.796. The molecule has 1 aliphatic heterocycles. The number of fused-ring (bicyclic) bond motifs is 1. The SMILES string of the molecule is Cc1ccc2c(c1)C(N1CCCNCC1)CC2. The number of nitrogens with zero attached hydrogens (tertiary/aromatic N) is 1. The third kappa shape index (κ3) is 2.24. The van der Waals surface area contributed by atoms with Crippen LogP contribution in [-0.2, 0) is 6.42 Å². The van der Waals surface area contributed by atoms with Crippen LogP contribution in [0.2, 0.25) is 0 Å². The van der Waals surface area contributed by atoms with Gasteiger partial charge in [0.05, 0.1) is 0 Å². The van der Waals surface area contributed by atoms with E-state index >= 15 is 0 Å². The molecule has 2 nitrogen and oxygen atoms in total. The zero-order chi connectivity index (χ0) is 11.7. The molecule has 0 aromatic heterocycles. The Kier molecular flexibility index (Phi) is 3.17. The lowest BCUT2D eigenvalue weighted by Crippen LogP contribution is -2.31. The molecule has 3 rings (SSSR count). The van der Waals surface area contributed by atoms with Crippen LogP contribution in [0.3, 0.4) is 0 Å². The highest BCUT2D eigenvalue weighted by atomic mass is 15.2. The highest BCUT2D eigenvalue weighted by molar-refractivity contribution is 5.37. The molecule has 1 atom stereocenters. The average Bonchev–Trinajstić information content (AvgIpc) is 2.58. The molecule has 0 saturated carbocycles. The van der Waals surface area contributed by atoms with Crippen LogP contribution in [-0.4, -0.2) is 31.1 Å². The Balaban J connectivity index is 1.84. The average molecular weight is 230 g/mol. The fraction of sp³-hybridized carbons (Fsp3) is 0.600. The third-order valence-electron chi connectivity index (χ3n) is 4.16. The Morgan fingerprint density at radius 3 is 3.12 bits per heavy atom. The molecule has 2 aliphatic rings. The van der Waals surface area contributed by atoms with E-state index in [1.807, 2.05) is 0 Å². The van der Waals surface area contributed by atoms with Gasteiger partial charge in [0, 0.05) is 25.7 Å². The van der Waals surface area contributed by atoms with E-state index in [9.17, 15) is 0 Å². The van der Waals surface area contributed by atoms with E-state index in [0.29, 0.717) is 6.04 Å². The predicted octanol–water partition coefficient (Wildman–Crippen LogP) is 2.28. The summed E-state index contributed by atoms with van der Waals surface area (Å²) < 4.78 is 0. The summed E-state index contributed by atoms with van der Waals surface area (Å²) in [6, 6.07) is 7.68. The van der Waals surface area contributed by atoms with E-state index < -0.39 is 0 Å². The number of hydrogen-bond acceptors (Lipinski definition) is 2. The summed E-state index contributed by atoms with van der Waals surface area (Å²) in [4.78, 5) is 2.69. The molecular formula is C15H22N2. The summed E-state index contributed by atoms with van der Waals surface area (Å²) >= 11 is 0. The molecule has 2 heteroatoms. The van der Waals surface area contributed by atoms with Crippen molar-refractivity contribution in [3.05, 3.63) is 34.9 Å². The molecule has 92 valence electrons. The highest BCUT2D eigenvalue weighted by Gasteiger charge is 2.27. The van der Waals surface area contributed by atoms with Crippen LogP contribution in [0.25, 0.3) is 0 Å². The molecule has 0 bridgehead atoms. The van der Waals surface area contributed by atoms with Crippen molar-refractivity contribution in [2.75, 3.05) is 26.2 Å². The van der Waals surface area contributed by atoms with Crippen molar-refractivity contribution >= 4 is 0 Å². The lowest BCUT2D eigenvalue weighted by atomic mass is 10.0. The van der Waals surface area contributed by atoms with Crippen LogP contribution in [0.15, 0.2) is 18.2 Å². The number of aryl methyl sites for hydroxylation is 2. The van der Waals surface area contributed by atoms with Gasteiger partial charge in [0.2, 0.25) is 0 Å². The largest absolute Gasteiger partial charge is 0.315 e. The van der Waals surface area contributed by atoms with E-state index in [4.69, 9.17) is 0 Å². The van der Waals surface area contributed by atoms with Crippen molar-refractivity contribution in [2.24, 2.45) is 0 Å². The molecule has 1 N–H and O–H groups in total. The summed E-state index contributed by atoms with van der Waals surface area (Å²) in [6.45, 7) is 7.00. The van der Waals surface area contributed by atoms with Gasteiger partial charge in [-0.2, -0.15) is 0 Å². The summed E-state index contributed by atoms with van der Waals surface area (Å²) in [5.41, 5.74) is 4.59. The zero-order valence-electron chi connectivity index (χ0n) is 10.7. The van der Waals surface area contributed by atoms with Crippen molar-refractivity contribution < 1.29 is 0 Å². The molecule has 17 heavy (non-hydrogen) atoms. The second-order valence-electron chi connectivity index (χ2n) is 5.40. The summed E-state index contributed by atoms with van der Waals surface area (Å²) in [5, 5.41) is 3.49. The van der Waals surface area contributed by atoms with Gasteiger partial charge in [0.25, 0.3) is 0 Å². The summed E-state index contributed by atoms with van der Waals surface area (Å²) in [7, 11) is 0. The van der Waals surface area contributed by atoms with E-state index in [2.05, 4.69) is 35.3 Å². The normalized spacial score (nSPS) is 25.6. The van der Waals surface area contributed by atoms with Crippen LogP contribution >= 0.6 is 0 Å². The molecule has 0 amide bonds. The molecule has 1 saturated heterocycles. The van der Waals surface area contributed by atoms with Crippen LogP contribution in [0.1, 0.15) is 35.6 Å². The van der Waals surface area contributed by atoms with Crippen molar-refractivity contribution in [1.29, 1.82) is 0 Å². The van der Waals surface area contributed by atoms with Crippen molar-refractivity contribution in [3.8, 4) is 0 Å². The van der Waals surface area contributed by atoms with E-state index in [-0.39, 0.29) is 0 Å². The summed E-state index contributed by atoms with van der Waals surface area (Å²) in [6.07, 6.45) is 3.88. The second kappa shape index (κ2) is 4.79. The zero-order valence-corrected chi connectivity index (χ0v) is 10.7. The highest BCUT2D eigenvalue weighted by Crippen LogP contribution is 2.36. The Morgan fingerprint density at radius 1 is 1.24 bits per heavy atom. The van der Waals surface area contributed by atoms with Gasteiger partial charge in [0.1, 0.15) is 0 Å². The number of hydrogen-bond donors (Lipinski definition) is 1. The van der Waals surface area contributed by atoms with Crippen molar-refractivity contribution in [2.45, 2.75) is 32.2 Å². The van der Waals surface area contributed by atoms with Gasteiger partial charge < -0.3 is 5.32 Å². The maximum atomic E-state index is 3.49. The van der Waals surface area contributed by atoms with Gasteiger partial charge in [0.15, 0.2) is 0 Å². The maximum Gasteiger partial charge on any atom is 0.0354 e. The van der Waals surface area contributed by atoms with Gasteiger partial charge in [-0.05, 0) is 43.9 Å². The van der Waals surface area contributed by atoms with E-state index in [1.54, 1.807) is 11.1 Å². The van der Waals surface area contributed by atoms with Gasteiger partial charge in [-0.1, -0.05) is 23.8 Å². The van der Waals surface area contributed by atoms with Crippen molar-refractivity contribution in [1.82, 2.24) is 10.2 Å². The molecule has 1 aromatic rings. The van der Waals surface area contributed by atoms with Crippen LogP contribution < -0.4 is 5.32 Å². The Morgan fingerprint density at radius 2 is 2.18 bits per heavy atom. The lowest BCUT2D eigenvalue weighted by Gasteiger charge is -2.28. The van der Waals surface area contributed by atoms with Gasteiger partial charge in [-0.25, -0.2) is 0 Å². The topological polar surface area (TPSA) is 15.3 Å². The smallest absolute Gasteiger partial charge is 0.0354 e. The first-order valence-electron chi connectivity index (χ1n) is 6.89. The molecule has 1 unspecified atom stereocenters. The number of nitrogens with one attached hydrogen (secondary N) is 1. The van der Waals surface area contributed by atoms with Crippen LogP contribution in [0, 0.1) is 6.92 Å². The molecule has 1 heterocycles. The Hall–Kier alpha value is -0.860. The molecular weight excluding hydrogens is 208 g/mol. The third-order valence-corrected chi connectivity index (χ3v) is 4.16. The predicted molar refractivity (Wildman–Crippen MR) is 71.3 cm³/mol. The first-order valence-corrected chi connectivity index (χ1v) is 6.89. The lowest BCUT2D eigenvalue weighted by molar-refractivity contribution is 0.210. The van der Waals surface area contributed by atoms with Gasteiger partial charge in [-0.15, -0.1) is 0 Å². The minimum Gasteiger partial charge on any atom is -0.315 e. The fourth-order valence-electron chi connectivity index (χ4n) is 3.26.